The highest BCUT2D eigenvalue weighted by molar-refractivity contribution is 9.11. The Kier molecular flexibility index (Phi) is 1.77. The SMILES string of the molecule is Brc1nc2oc3nc(Br)sc3c2s1. The van der Waals surface area contributed by atoms with Crippen molar-refractivity contribution < 1.29 is 4.42 Å². The second-order valence-electron chi connectivity index (χ2n) is 2.30. The van der Waals surface area contributed by atoms with E-state index < -0.39 is 0 Å². The van der Waals surface area contributed by atoms with Gasteiger partial charge in [0, 0.05) is 0 Å². The third-order valence-corrected chi connectivity index (χ3v) is 4.68. The highest BCUT2D eigenvalue weighted by atomic mass is 79.9. The van der Waals surface area contributed by atoms with E-state index in [1.807, 2.05) is 0 Å². The molecule has 66 valence electrons. The van der Waals surface area contributed by atoms with E-state index in [9.17, 15) is 0 Å². The summed E-state index contributed by atoms with van der Waals surface area (Å²) in [4.78, 5) is 8.34. The minimum atomic E-state index is 0.665. The van der Waals surface area contributed by atoms with E-state index in [1.165, 1.54) is 0 Å². The topological polar surface area (TPSA) is 38.9 Å². The Labute approximate surface area is 97.0 Å². The molecule has 0 N–H and O–H groups in total. The maximum atomic E-state index is 5.43. The zero-order valence-electron chi connectivity index (χ0n) is 5.88. The molecule has 0 atom stereocenters. The predicted octanol–water partition coefficient (Wildman–Crippen LogP) is 4.02. The molecule has 0 fully saturated rings. The second-order valence-corrected chi connectivity index (χ2v) is 6.85. The monoisotopic (exact) mass is 338 g/mol. The van der Waals surface area contributed by atoms with Crippen LogP contribution in [0.5, 0.6) is 0 Å². The minimum Gasteiger partial charge on any atom is -0.417 e. The van der Waals surface area contributed by atoms with Crippen LogP contribution in [-0.4, -0.2) is 9.97 Å². The van der Waals surface area contributed by atoms with Gasteiger partial charge in [-0.25, -0.2) is 0 Å². The summed E-state index contributed by atoms with van der Waals surface area (Å²) >= 11 is 9.76. The van der Waals surface area contributed by atoms with Gasteiger partial charge in [-0.3, -0.25) is 0 Å². The van der Waals surface area contributed by atoms with Crippen molar-refractivity contribution in [2.75, 3.05) is 0 Å². The average Bonchev–Trinajstić information content (AvgIpc) is 2.60. The van der Waals surface area contributed by atoms with Gasteiger partial charge in [0.2, 0.25) is 11.4 Å². The van der Waals surface area contributed by atoms with Crippen molar-refractivity contribution in [2.24, 2.45) is 0 Å². The molecule has 0 spiro atoms. The first-order valence-corrected chi connectivity index (χ1v) is 6.47. The number of rotatable bonds is 0. The first-order chi connectivity index (χ1) is 6.24. The van der Waals surface area contributed by atoms with Gasteiger partial charge in [-0.05, 0) is 31.9 Å². The molecule has 3 aromatic heterocycles. The van der Waals surface area contributed by atoms with Crippen LogP contribution >= 0.6 is 54.5 Å². The number of hydrogen-bond acceptors (Lipinski definition) is 5. The number of hydrogen-bond donors (Lipinski definition) is 0. The van der Waals surface area contributed by atoms with Crippen LogP contribution in [0.15, 0.2) is 12.3 Å². The Balaban J connectivity index is 2.56. The fourth-order valence-electron chi connectivity index (χ4n) is 1.08. The summed E-state index contributed by atoms with van der Waals surface area (Å²) in [6.07, 6.45) is 0. The summed E-state index contributed by atoms with van der Waals surface area (Å²) in [6, 6.07) is 0. The van der Waals surface area contributed by atoms with Crippen molar-refractivity contribution in [3.05, 3.63) is 7.83 Å². The molecule has 3 rings (SSSR count). The van der Waals surface area contributed by atoms with Gasteiger partial charge < -0.3 is 4.42 Å². The Bertz CT molecular complexity index is 545. The summed E-state index contributed by atoms with van der Waals surface area (Å²) in [5.41, 5.74) is 1.33. The van der Waals surface area contributed by atoms with Crippen LogP contribution in [0.2, 0.25) is 0 Å². The lowest BCUT2D eigenvalue weighted by Crippen LogP contribution is -1.60. The molecule has 0 amide bonds. The Hall–Kier alpha value is 0.0200. The molecule has 0 aliphatic carbocycles. The predicted molar refractivity (Wildman–Crippen MR) is 60.5 cm³/mol. The molecular formula is C6Br2N2OS2. The minimum absolute atomic E-state index is 0.665. The second kappa shape index (κ2) is 2.75. The van der Waals surface area contributed by atoms with Crippen molar-refractivity contribution in [3.63, 3.8) is 0 Å². The van der Waals surface area contributed by atoms with Gasteiger partial charge in [-0.2, -0.15) is 9.97 Å². The van der Waals surface area contributed by atoms with Crippen molar-refractivity contribution in [1.82, 2.24) is 9.97 Å². The van der Waals surface area contributed by atoms with Crippen LogP contribution in [0.4, 0.5) is 0 Å². The lowest BCUT2D eigenvalue weighted by Gasteiger charge is -1.72. The van der Waals surface area contributed by atoms with Crippen LogP contribution in [0.1, 0.15) is 0 Å². The molecule has 3 heterocycles. The number of aromatic nitrogens is 2. The molecule has 0 saturated heterocycles. The van der Waals surface area contributed by atoms with E-state index in [2.05, 4.69) is 41.8 Å². The lowest BCUT2D eigenvalue weighted by atomic mass is 10.6. The lowest BCUT2D eigenvalue weighted by molar-refractivity contribution is 0.642. The third kappa shape index (κ3) is 1.18. The highest BCUT2D eigenvalue weighted by Gasteiger charge is 2.15. The normalized spacial score (nSPS) is 11.8. The van der Waals surface area contributed by atoms with Crippen molar-refractivity contribution in [2.45, 2.75) is 0 Å². The molecule has 3 nitrogen and oxygen atoms in total. The van der Waals surface area contributed by atoms with E-state index in [-0.39, 0.29) is 0 Å². The zero-order valence-corrected chi connectivity index (χ0v) is 10.7. The number of halogens is 2. The van der Waals surface area contributed by atoms with Gasteiger partial charge >= 0.3 is 0 Å². The van der Waals surface area contributed by atoms with Gasteiger partial charge in [-0.1, -0.05) is 0 Å². The molecule has 7 heteroatoms. The van der Waals surface area contributed by atoms with Crippen molar-refractivity contribution >= 4 is 75.4 Å². The largest absolute Gasteiger partial charge is 0.417 e. The first kappa shape index (κ1) is 8.34. The van der Waals surface area contributed by atoms with Crippen molar-refractivity contribution in [3.8, 4) is 0 Å². The molecule has 0 aliphatic rings. The van der Waals surface area contributed by atoms with Gasteiger partial charge in [-0.15, -0.1) is 22.7 Å². The summed E-state index contributed by atoms with van der Waals surface area (Å²) in [5.74, 6) is 0. The first-order valence-electron chi connectivity index (χ1n) is 3.25. The molecule has 0 unspecified atom stereocenters. The smallest absolute Gasteiger partial charge is 0.242 e. The Morgan fingerprint density at radius 3 is 1.85 bits per heavy atom. The fraction of sp³-hybridized carbons (Fsp3) is 0. The van der Waals surface area contributed by atoms with E-state index in [1.54, 1.807) is 22.7 Å². The van der Waals surface area contributed by atoms with Crippen LogP contribution in [-0.2, 0) is 0 Å². The summed E-state index contributed by atoms with van der Waals surface area (Å²) in [5, 5.41) is 0. The fourth-order valence-corrected chi connectivity index (χ4v) is 3.93. The summed E-state index contributed by atoms with van der Waals surface area (Å²) in [6.45, 7) is 0. The summed E-state index contributed by atoms with van der Waals surface area (Å²) < 4.78 is 9.23. The molecule has 3 aromatic rings. The number of thiazole rings is 2. The van der Waals surface area contributed by atoms with E-state index in [0.29, 0.717) is 11.4 Å². The number of furan rings is 1. The molecule has 0 aromatic carbocycles. The molecule has 13 heavy (non-hydrogen) atoms. The maximum absolute atomic E-state index is 5.43. The third-order valence-electron chi connectivity index (χ3n) is 1.54. The number of nitrogens with zero attached hydrogens (tertiary/aromatic N) is 2. The van der Waals surface area contributed by atoms with E-state index in [4.69, 9.17) is 4.42 Å². The molecular weight excluding hydrogens is 340 g/mol. The zero-order chi connectivity index (χ0) is 9.00. The molecule has 0 radical (unpaired) electrons. The highest BCUT2D eigenvalue weighted by Crippen LogP contribution is 2.39. The Morgan fingerprint density at radius 1 is 0.923 bits per heavy atom. The van der Waals surface area contributed by atoms with E-state index >= 15 is 0 Å². The standard InChI is InChI=1S/C6Br2N2OS2/c7-5-9-3-1(12-5)2-4(11-3)10-6(8)13-2. The van der Waals surface area contributed by atoms with Crippen molar-refractivity contribution in [1.29, 1.82) is 0 Å². The molecule has 0 bridgehead atoms. The van der Waals surface area contributed by atoms with Gasteiger partial charge in [0.1, 0.15) is 9.40 Å². The van der Waals surface area contributed by atoms with Crippen LogP contribution in [0.3, 0.4) is 0 Å². The van der Waals surface area contributed by atoms with E-state index in [0.717, 1.165) is 17.2 Å². The van der Waals surface area contributed by atoms with Gasteiger partial charge in [0.15, 0.2) is 7.83 Å². The average molecular weight is 340 g/mol. The molecule has 0 saturated carbocycles. The summed E-state index contributed by atoms with van der Waals surface area (Å²) in [7, 11) is 0. The molecule has 0 aliphatic heterocycles. The Morgan fingerprint density at radius 2 is 1.38 bits per heavy atom. The quantitative estimate of drug-likeness (QED) is 0.620. The van der Waals surface area contributed by atoms with Crippen LogP contribution in [0, 0.1) is 0 Å². The maximum Gasteiger partial charge on any atom is 0.242 e. The van der Waals surface area contributed by atoms with Crippen LogP contribution < -0.4 is 0 Å². The van der Waals surface area contributed by atoms with Gasteiger partial charge in [0.05, 0.1) is 0 Å². The number of fused-ring (bicyclic) bond motifs is 3. The van der Waals surface area contributed by atoms with Gasteiger partial charge in [0.25, 0.3) is 0 Å². The van der Waals surface area contributed by atoms with Crippen LogP contribution in [0.25, 0.3) is 20.8 Å².